The zero-order chi connectivity index (χ0) is 19.7. The van der Waals surface area contributed by atoms with Crippen molar-refractivity contribution in [2.24, 2.45) is 0 Å². The average Bonchev–Trinajstić information content (AvgIpc) is 2.93. The zero-order valence-electron chi connectivity index (χ0n) is 15.5. The van der Waals surface area contributed by atoms with E-state index in [1.807, 2.05) is 4.90 Å². The Balaban J connectivity index is 1.52. The van der Waals surface area contributed by atoms with E-state index in [0.29, 0.717) is 18.8 Å². The fourth-order valence-corrected chi connectivity index (χ4v) is 4.31. The summed E-state index contributed by atoms with van der Waals surface area (Å²) in [6.07, 6.45) is 8.54. The van der Waals surface area contributed by atoms with E-state index in [4.69, 9.17) is 11.6 Å². The molecule has 2 saturated heterocycles. The minimum atomic E-state index is -0.906. The molecule has 1 saturated carbocycles. The van der Waals surface area contributed by atoms with Crippen molar-refractivity contribution in [3.8, 4) is 0 Å². The molecule has 150 valence electrons. The van der Waals surface area contributed by atoms with E-state index in [1.165, 1.54) is 6.20 Å². The van der Waals surface area contributed by atoms with E-state index in [-0.39, 0.29) is 10.7 Å². The molecule has 4 amide bonds. The van der Waals surface area contributed by atoms with Gasteiger partial charge in [-0.15, -0.1) is 0 Å². The summed E-state index contributed by atoms with van der Waals surface area (Å²) in [7, 11) is 0. The van der Waals surface area contributed by atoms with Crippen LogP contribution in [0.4, 0.5) is 10.7 Å². The molecule has 0 atom stereocenters. The third-order valence-electron chi connectivity index (χ3n) is 5.67. The summed E-state index contributed by atoms with van der Waals surface area (Å²) in [4.78, 5) is 48.4. The second-order valence-corrected chi connectivity index (χ2v) is 7.98. The molecule has 28 heavy (non-hydrogen) atoms. The summed E-state index contributed by atoms with van der Waals surface area (Å²) in [5.74, 6) is -0.704. The summed E-state index contributed by atoms with van der Waals surface area (Å²) in [5, 5.41) is 3.58. The SMILES string of the molecule is O=C(NN1C(=O)NC2(CCCCC2)C1=O)c1nc(N2CCCCC2)ncc1Cl. The van der Waals surface area contributed by atoms with Gasteiger partial charge in [-0.25, -0.2) is 14.8 Å². The quantitative estimate of drug-likeness (QED) is 0.743. The Morgan fingerprint density at radius 3 is 2.50 bits per heavy atom. The number of carbonyl (C=O) groups excluding carboxylic acids is 3. The van der Waals surface area contributed by atoms with Gasteiger partial charge in [-0.2, -0.15) is 5.01 Å². The van der Waals surface area contributed by atoms with Crippen LogP contribution in [0, 0.1) is 0 Å². The molecular formula is C18H23ClN6O3. The highest BCUT2D eigenvalue weighted by Gasteiger charge is 2.52. The number of aromatic nitrogens is 2. The van der Waals surface area contributed by atoms with Crippen LogP contribution in [-0.4, -0.2) is 51.5 Å². The Bertz CT molecular complexity index is 805. The van der Waals surface area contributed by atoms with Crippen LogP contribution in [0.25, 0.3) is 0 Å². The van der Waals surface area contributed by atoms with Crippen molar-refractivity contribution in [3.63, 3.8) is 0 Å². The van der Waals surface area contributed by atoms with Gasteiger partial charge in [0.2, 0.25) is 5.95 Å². The van der Waals surface area contributed by atoms with E-state index in [1.54, 1.807) is 0 Å². The largest absolute Gasteiger partial charge is 0.344 e. The van der Waals surface area contributed by atoms with Gasteiger partial charge < -0.3 is 10.2 Å². The normalized spacial score (nSPS) is 21.8. The molecule has 2 N–H and O–H groups in total. The Kier molecular flexibility index (Phi) is 5.09. The van der Waals surface area contributed by atoms with Gasteiger partial charge in [0.25, 0.3) is 11.8 Å². The maximum Gasteiger partial charge on any atom is 0.344 e. The van der Waals surface area contributed by atoms with Gasteiger partial charge in [0, 0.05) is 13.1 Å². The van der Waals surface area contributed by atoms with Gasteiger partial charge >= 0.3 is 6.03 Å². The molecule has 0 radical (unpaired) electrons. The van der Waals surface area contributed by atoms with Crippen LogP contribution in [0.5, 0.6) is 0 Å². The van der Waals surface area contributed by atoms with Gasteiger partial charge in [0.1, 0.15) is 5.54 Å². The van der Waals surface area contributed by atoms with E-state index in [9.17, 15) is 14.4 Å². The number of anilines is 1. The zero-order valence-corrected chi connectivity index (χ0v) is 16.3. The van der Waals surface area contributed by atoms with Crippen molar-refractivity contribution in [2.75, 3.05) is 18.0 Å². The van der Waals surface area contributed by atoms with Crippen molar-refractivity contribution in [1.29, 1.82) is 0 Å². The second kappa shape index (κ2) is 7.54. The fourth-order valence-electron chi connectivity index (χ4n) is 4.13. The van der Waals surface area contributed by atoms with Gasteiger partial charge in [0.15, 0.2) is 5.69 Å². The maximum atomic E-state index is 12.8. The van der Waals surface area contributed by atoms with Crippen LogP contribution < -0.4 is 15.6 Å². The minimum Gasteiger partial charge on any atom is -0.341 e. The molecule has 4 rings (SSSR count). The van der Waals surface area contributed by atoms with E-state index in [2.05, 4.69) is 20.7 Å². The predicted molar refractivity (Wildman–Crippen MR) is 102 cm³/mol. The highest BCUT2D eigenvalue weighted by molar-refractivity contribution is 6.33. The molecule has 0 unspecified atom stereocenters. The Morgan fingerprint density at radius 1 is 1.11 bits per heavy atom. The van der Waals surface area contributed by atoms with Crippen molar-refractivity contribution in [3.05, 3.63) is 16.9 Å². The van der Waals surface area contributed by atoms with Crippen LogP contribution in [0.3, 0.4) is 0 Å². The van der Waals surface area contributed by atoms with Crippen molar-refractivity contribution in [1.82, 2.24) is 25.7 Å². The number of nitrogens with zero attached hydrogens (tertiary/aromatic N) is 4. The lowest BCUT2D eigenvalue weighted by atomic mass is 9.82. The van der Waals surface area contributed by atoms with Crippen LogP contribution in [0.1, 0.15) is 61.9 Å². The standard InChI is InChI=1S/C18H23ClN6O3/c19-12-11-20-16(24-9-5-2-6-10-24)21-13(12)14(26)23-25-15(27)18(22-17(25)28)7-3-1-4-8-18/h11H,1-10H2,(H,22,28)(H,23,26). The summed E-state index contributed by atoms with van der Waals surface area (Å²) in [6, 6.07) is -0.623. The minimum absolute atomic E-state index is 0.0533. The first kappa shape index (κ1) is 18.9. The van der Waals surface area contributed by atoms with E-state index in [0.717, 1.165) is 56.6 Å². The first-order valence-electron chi connectivity index (χ1n) is 9.75. The van der Waals surface area contributed by atoms with E-state index < -0.39 is 23.4 Å². The molecule has 1 aromatic heterocycles. The van der Waals surface area contributed by atoms with Crippen LogP contribution in [0.15, 0.2) is 6.20 Å². The van der Waals surface area contributed by atoms with Gasteiger partial charge in [-0.05, 0) is 32.1 Å². The first-order valence-corrected chi connectivity index (χ1v) is 10.1. The first-order chi connectivity index (χ1) is 13.5. The number of amides is 4. The number of imide groups is 1. The summed E-state index contributed by atoms with van der Waals surface area (Å²) >= 11 is 6.12. The lowest BCUT2D eigenvalue weighted by Gasteiger charge is -2.30. The molecule has 2 aliphatic heterocycles. The van der Waals surface area contributed by atoms with Crippen LogP contribution >= 0.6 is 11.6 Å². The molecule has 0 aromatic carbocycles. The highest BCUT2D eigenvalue weighted by Crippen LogP contribution is 2.33. The number of urea groups is 1. The van der Waals surface area contributed by atoms with E-state index >= 15 is 0 Å². The van der Waals surface area contributed by atoms with Crippen molar-refractivity contribution in [2.45, 2.75) is 56.9 Å². The third-order valence-corrected chi connectivity index (χ3v) is 5.94. The topological polar surface area (TPSA) is 108 Å². The monoisotopic (exact) mass is 406 g/mol. The number of rotatable bonds is 3. The molecule has 1 aliphatic carbocycles. The molecule has 1 spiro atoms. The summed E-state index contributed by atoms with van der Waals surface area (Å²) < 4.78 is 0. The van der Waals surface area contributed by atoms with Gasteiger partial charge in [-0.3, -0.25) is 15.0 Å². The van der Waals surface area contributed by atoms with Crippen molar-refractivity contribution >= 4 is 35.4 Å². The Hall–Kier alpha value is -2.42. The number of hydrazine groups is 1. The summed E-state index contributed by atoms with van der Waals surface area (Å²) in [6.45, 7) is 1.64. The van der Waals surface area contributed by atoms with Crippen LogP contribution in [-0.2, 0) is 4.79 Å². The lowest BCUT2D eigenvalue weighted by molar-refractivity contribution is -0.134. The molecule has 3 fully saturated rings. The van der Waals surface area contributed by atoms with Crippen LogP contribution in [0.2, 0.25) is 5.02 Å². The molecule has 9 nitrogen and oxygen atoms in total. The fraction of sp³-hybridized carbons (Fsp3) is 0.611. The highest BCUT2D eigenvalue weighted by atomic mass is 35.5. The Morgan fingerprint density at radius 2 is 1.79 bits per heavy atom. The lowest BCUT2D eigenvalue weighted by Crippen LogP contribution is -2.51. The summed E-state index contributed by atoms with van der Waals surface area (Å²) in [5.41, 5.74) is 1.42. The molecule has 10 heteroatoms. The number of hydrogen-bond acceptors (Lipinski definition) is 6. The smallest absolute Gasteiger partial charge is 0.341 e. The molecule has 1 aromatic rings. The molecule has 3 aliphatic rings. The van der Waals surface area contributed by atoms with Crippen molar-refractivity contribution < 1.29 is 14.4 Å². The number of halogens is 1. The molecule has 3 heterocycles. The second-order valence-electron chi connectivity index (χ2n) is 7.57. The molecular weight excluding hydrogens is 384 g/mol. The number of nitrogens with one attached hydrogen (secondary N) is 2. The number of piperidine rings is 1. The van der Waals surface area contributed by atoms with Gasteiger partial charge in [-0.1, -0.05) is 30.9 Å². The molecule has 0 bridgehead atoms. The Labute approximate surface area is 167 Å². The average molecular weight is 407 g/mol. The predicted octanol–water partition coefficient (Wildman–Crippen LogP) is 2.02. The maximum absolute atomic E-state index is 12.8. The number of carbonyl (C=O) groups is 3. The van der Waals surface area contributed by atoms with Gasteiger partial charge in [0.05, 0.1) is 11.2 Å². The third kappa shape index (κ3) is 3.39. The number of hydrogen-bond donors (Lipinski definition) is 2.